The van der Waals surface area contributed by atoms with Gasteiger partial charge in [-0.05, 0) is 24.6 Å². The van der Waals surface area contributed by atoms with Gasteiger partial charge in [0.1, 0.15) is 23.9 Å². The van der Waals surface area contributed by atoms with E-state index in [-0.39, 0.29) is 29.8 Å². The molecule has 0 aliphatic carbocycles. The van der Waals surface area contributed by atoms with E-state index in [4.69, 9.17) is 4.79 Å². The summed E-state index contributed by atoms with van der Waals surface area (Å²) in [4.78, 5) is 21.2. The van der Waals surface area contributed by atoms with Crippen molar-refractivity contribution in [2.75, 3.05) is 25.5 Å². The molecule has 2 heterocycles. The molecule has 0 radical (unpaired) electrons. The Morgan fingerprint density at radius 2 is 1.78 bits per heavy atom. The highest BCUT2D eigenvalue weighted by molar-refractivity contribution is 5.81. The highest BCUT2D eigenvalue weighted by Crippen LogP contribution is 2.37. The number of amides is 1. The number of hydrogen-bond acceptors (Lipinski definition) is 4. The van der Waals surface area contributed by atoms with Crippen LogP contribution in [0.15, 0.2) is 30.5 Å². The summed E-state index contributed by atoms with van der Waals surface area (Å²) in [6.45, 7) is 3.50. The van der Waals surface area contributed by atoms with Crippen molar-refractivity contribution in [3.05, 3.63) is 47.5 Å². The molecule has 0 bridgehead atoms. The summed E-state index contributed by atoms with van der Waals surface area (Å²) in [5.74, 6) is -4.59. The summed E-state index contributed by atoms with van der Waals surface area (Å²) in [5, 5.41) is 6.17. The summed E-state index contributed by atoms with van der Waals surface area (Å²) < 4.78 is 77.9. The van der Waals surface area contributed by atoms with Gasteiger partial charge in [-0.2, -0.15) is 27.1 Å². The molecule has 3 rings (SSSR count). The van der Waals surface area contributed by atoms with Crippen molar-refractivity contribution in [2.45, 2.75) is 25.4 Å². The van der Waals surface area contributed by atoms with E-state index >= 15 is 0 Å². The molecule has 0 unspecified atom stereocenters. The van der Waals surface area contributed by atoms with Crippen LogP contribution in [0.3, 0.4) is 0 Å². The minimum Gasteiger partial charge on any atom is -0.384 e. The summed E-state index contributed by atoms with van der Waals surface area (Å²) in [7, 11) is 3.14. The molecule has 1 aliphatic heterocycles. The standard InChI is InChI=1S/C13H14F4N2O.C6H8F2N2.CH2O/c1-19-6-5-8(12(19)20)7-18-10-4-2-3-9(14)11(10)13(15,16)17;1-6(7,8)5-3-4-9-10(5)2;1-2/h2-4,8,18H,5-7H2,1H3;3-4H,1-2H3;1H2/t8-;;/m0../s1. The predicted octanol–water partition coefficient (Wildman–Crippen LogP) is 4.08. The van der Waals surface area contributed by atoms with Gasteiger partial charge < -0.3 is 15.0 Å². The van der Waals surface area contributed by atoms with E-state index in [1.807, 2.05) is 6.79 Å². The number of benzene rings is 1. The molecule has 1 atom stereocenters. The monoisotopic (exact) mass is 466 g/mol. The first kappa shape index (κ1) is 27.0. The van der Waals surface area contributed by atoms with Crippen LogP contribution >= 0.6 is 0 Å². The largest absolute Gasteiger partial charge is 0.421 e. The van der Waals surface area contributed by atoms with Gasteiger partial charge >= 0.3 is 6.18 Å². The van der Waals surface area contributed by atoms with Gasteiger partial charge in [-0.15, -0.1) is 0 Å². The molecule has 1 amide bonds. The minimum atomic E-state index is -4.77. The van der Waals surface area contributed by atoms with Crippen LogP contribution in [0.1, 0.15) is 24.6 Å². The number of aromatic nitrogens is 2. The van der Waals surface area contributed by atoms with Crippen molar-refractivity contribution in [1.29, 1.82) is 0 Å². The second-order valence-electron chi connectivity index (χ2n) is 7.01. The van der Waals surface area contributed by atoms with Crippen LogP contribution in [0, 0.1) is 11.7 Å². The molecule has 1 saturated heterocycles. The lowest BCUT2D eigenvalue weighted by molar-refractivity contribution is -0.139. The molecular formula is C20H24F6N4O2. The number of nitrogens with one attached hydrogen (secondary N) is 1. The Kier molecular flexibility index (Phi) is 9.28. The SMILES string of the molecule is C=O.CN1CC[C@@H](CNc2cccc(F)c2C(F)(F)F)C1=O.Cn1nccc1C(C)(F)F. The normalized spacial score (nSPS) is 16.1. The lowest BCUT2D eigenvalue weighted by Gasteiger charge is -2.17. The van der Waals surface area contributed by atoms with Gasteiger partial charge in [0.05, 0.1) is 5.92 Å². The first-order chi connectivity index (χ1) is 14.8. The Balaban J connectivity index is 0.000000358. The number of aryl methyl sites for hydroxylation is 1. The van der Waals surface area contributed by atoms with Gasteiger partial charge in [-0.1, -0.05) is 6.07 Å². The molecule has 1 aliphatic rings. The second-order valence-corrected chi connectivity index (χ2v) is 7.01. The van der Waals surface area contributed by atoms with Crippen molar-refractivity contribution in [2.24, 2.45) is 13.0 Å². The zero-order valence-electron chi connectivity index (χ0n) is 17.7. The van der Waals surface area contributed by atoms with E-state index < -0.39 is 23.5 Å². The van der Waals surface area contributed by atoms with Gasteiger partial charge in [0.2, 0.25) is 5.91 Å². The van der Waals surface area contributed by atoms with Crippen LogP contribution in [0.2, 0.25) is 0 Å². The van der Waals surface area contributed by atoms with E-state index in [0.717, 1.165) is 19.1 Å². The maximum absolute atomic E-state index is 13.4. The summed E-state index contributed by atoms with van der Waals surface area (Å²) >= 11 is 0. The third-order valence-electron chi connectivity index (χ3n) is 4.65. The van der Waals surface area contributed by atoms with E-state index in [1.54, 1.807) is 7.05 Å². The number of carbonyl (C=O) groups is 2. The average molecular weight is 466 g/mol. The number of halogens is 6. The first-order valence-corrected chi connectivity index (χ1v) is 9.32. The number of alkyl halides is 5. The average Bonchev–Trinajstić information content (AvgIpc) is 3.27. The number of carbonyl (C=O) groups excluding carboxylic acids is 2. The van der Waals surface area contributed by atoms with Crippen molar-refractivity contribution in [1.82, 2.24) is 14.7 Å². The second kappa shape index (κ2) is 11.0. The third-order valence-corrected chi connectivity index (χ3v) is 4.65. The van der Waals surface area contributed by atoms with Gasteiger partial charge in [-0.3, -0.25) is 9.48 Å². The Morgan fingerprint density at radius 3 is 2.19 bits per heavy atom. The molecule has 1 fully saturated rings. The summed E-state index contributed by atoms with van der Waals surface area (Å²) in [6, 6.07) is 4.44. The molecule has 1 aromatic heterocycles. The highest BCUT2D eigenvalue weighted by Gasteiger charge is 2.37. The Morgan fingerprint density at radius 1 is 1.16 bits per heavy atom. The lowest BCUT2D eigenvalue weighted by atomic mass is 10.1. The summed E-state index contributed by atoms with van der Waals surface area (Å²) in [6.07, 6.45) is -2.84. The van der Waals surface area contributed by atoms with E-state index in [9.17, 15) is 31.1 Å². The fourth-order valence-corrected chi connectivity index (χ4v) is 3.08. The zero-order chi connectivity index (χ0) is 24.7. The molecule has 32 heavy (non-hydrogen) atoms. The number of likely N-dealkylation sites (tertiary alicyclic amines) is 1. The van der Waals surface area contributed by atoms with Crippen molar-refractivity contribution in [3.8, 4) is 0 Å². The number of hydrogen-bond donors (Lipinski definition) is 1. The van der Waals surface area contributed by atoms with Gasteiger partial charge in [0.15, 0.2) is 0 Å². The maximum atomic E-state index is 13.4. The molecule has 2 aromatic rings. The Labute approximate surface area is 181 Å². The molecule has 178 valence electrons. The van der Waals surface area contributed by atoms with E-state index in [1.165, 1.54) is 35.0 Å². The fourth-order valence-electron chi connectivity index (χ4n) is 3.08. The predicted molar refractivity (Wildman–Crippen MR) is 106 cm³/mol. The quantitative estimate of drug-likeness (QED) is 0.690. The van der Waals surface area contributed by atoms with Crippen molar-refractivity contribution in [3.63, 3.8) is 0 Å². The van der Waals surface area contributed by atoms with Gasteiger partial charge in [0.25, 0.3) is 5.92 Å². The van der Waals surface area contributed by atoms with Crippen molar-refractivity contribution < 1.29 is 35.9 Å². The molecule has 0 saturated carbocycles. The number of nitrogens with zero attached hydrogens (tertiary/aromatic N) is 3. The van der Waals surface area contributed by atoms with E-state index in [0.29, 0.717) is 13.0 Å². The topological polar surface area (TPSA) is 67.2 Å². The minimum absolute atomic E-state index is 0.0625. The summed E-state index contributed by atoms with van der Waals surface area (Å²) in [5.41, 5.74) is -1.72. The van der Waals surface area contributed by atoms with Gasteiger partial charge in [-0.25, -0.2) is 4.39 Å². The van der Waals surface area contributed by atoms with Crippen LogP contribution in [0.25, 0.3) is 0 Å². The van der Waals surface area contributed by atoms with E-state index in [2.05, 4.69) is 10.4 Å². The Bertz CT molecular complexity index is 895. The Hall–Kier alpha value is -3.05. The zero-order valence-corrected chi connectivity index (χ0v) is 17.7. The molecular weight excluding hydrogens is 442 g/mol. The molecule has 6 nitrogen and oxygen atoms in total. The van der Waals surface area contributed by atoms with Crippen LogP contribution in [0.4, 0.5) is 32.0 Å². The van der Waals surface area contributed by atoms with Crippen LogP contribution in [-0.4, -0.2) is 47.5 Å². The van der Waals surface area contributed by atoms with Gasteiger partial charge in [0, 0.05) is 46.0 Å². The molecule has 1 aromatic carbocycles. The smallest absolute Gasteiger partial charge is 0.384 e. The molecule has 1 N–H and O–H groups in total. The van der Waals surface area contributed by atoms with Crippen LogP contribution in [-0.2, 0) is 28.7 Å². The maximum Gasteiger partial charge on any atom is 0.421 e. The first-order valence-electron chi connectivity index (χ1n) is 9.32. The number of anilines is 1. The number of rotatable bonds is 4. The lowest BCUT2D eigenvalue weighted by Crippen LogP contribution is -2.27. The third kappa shape index (κ3) is 6.99. The fraction of sp³-hybridized carbons (Fsp3) is 0.450. The highest BCUT2D eigenvalue weighted by atomic mass is 19.4. The molecule has 12 heteroatoms. The van der Waals surface area contributed by atoms with Crippen LogP contribution < -0.4 is 5.32 Å². The van der Waals surface area contributed by atoms with Crippen LogP contribution in [0.5, 0.6) is 0 Å². The van der Waals surface area contributed by atoms with Crippen molar-refractivity contribution >= 4 is 18.4 Å². The molecule has 0 spiro atoms.